The average molecular weight is 272 g/mol. The van der Waals surface area contributed by atoms with E-state index in [1.807, 2.05) is 23.1 Å². The molecule has 1 fully saturated rings. The van der Waals surface area contributed by atoms with E-state index in [0.29, 0.717) is 5.82 Å². The van der Waals surface area contributed by atoms with Gasteiger partial charge in [-0.25, -0.2) is 4.79 Å². The summed E-state index contributed by atoms with van der Waals surface area (Å²) in [5.41, 5.74) is 0.374. The first-order valence-corrected chi connectivity index (χ1v) is 6.61. The third-order valence-electron chi connectivity index (χ3n) is 3.49. The molecule has 1 aliphatic rings. The third-order valence-corrected chi connectivity index (χ3v) is 3.49. The van der Waals surface area contributed by atoms with Crippen molar-refractivity contribution in [3.05, 3.63) is 57.2 Å². The molecule has 0 radical (unpaired) electrons. The maximum atomic E-state index is 11.3. The minimum absolute atomic E-state index is 0.366. The highest BCUT2D eigenvalue weighted by molar-refractivity contribution is 5.48. The number of benzene rings is 1. The highest BCUT2D eigenvalue weighted by atomic mass is 16.2. The summed E-state index contributed by atoms with van der Waals surface area (Å²) < 4.78 is 0. The maximum absolute atomic E-state index is 11.3. The van der Waals surface area contributed by atoms with Gasteiger partial charge in [0, 0.05) is 37.9 Å². The highest BCUT2D eigenvalue weighted by Gasteiger charge is 2.18. The molecule has 0 unspecified atom stereocenters. The normalized spacial score (nSPS) is 15.4. The summed E-state index contributed by atoms with van der Waals surface area (Å²) in [4.78, 5) is 31.8. The first-order chi connectivity index (χ1) is 9.72. The molecule has 1 aromatic heterocycles. The number of nitrogens with one attached hydrogen (secondary N) is 2. The van der Waals surface area contributed by atoms with E-state index >= 15 is 0 Å². The Hall–Kier alpha value is -2.50. The van der Waals surface area contributed by atoms with E-state index in [1.165, 1.54) is 11.8 Å². The molecule has 104 valence electrons. The summed E-state index contributed by atoms with van der Waals surface area (Å²) in [5, 5.41) is 0. The predicted molar refractivity (Wildman–Crippen MR) is 78.6 cm³/mol. The molecule has 20 heavy (non-hydrogen) atoms. The number of H-pyrrole nitrogens is 2. The standard InChI is InChI=1S/C14H16N4O2/c19-13-10-12(15-14(20)16-13)18-8-6-17(7-9-18)11-4-2-1-3-5-11/h1-5,10H,6-9H2,(H2,15,16,19,20). The van der Waals surface area contributed by atoms with Crippen molar-refractivity contribution in [1.29, 1.82) is 0 Å². The Morgan fingerprint density at radius 2 is 1.50 bits per heavy atom. The fourth-order valence-corrected chi connectivity index (χ4v) is 2.47. The number of para-hydroxylation sites is 1. The van der Waals surface area contributed by atoms with Crippen LogP contribution in [0.4, 0.5) is 11.5 Å². The van der Waals surface area contributed by atoms with Crippen LogP contribution < -0.4 is 21.0 Å². The van der Waals surface area contributed by atoms with Crippen LogP contribution in [-0.2, 0) is 0 Å². The van der Waals surface area contributed by atoms with Gasteiger partial charge in [0.1, 0.15) is 5.82 Å². The van der Waals surface area contributed by atoms with E-state index < -0.39 is 5.69 Å². The minimum atomic E-state index is -0.460. The number of aromatic nitrogens is 2. The van der Waals surface area contributed by atoms with Crippen molar-refractivity contribution in [2.45, 2.75) is 0 Å². The first kappa shape index (κ1) is 12.5. The monoisotopic (exact) mass is 272 g/mol. The molecule has 6 nitrogen and oxygen atoms in total. The molecule has 0 atom stereocenters. The summed E-state index contributed by atoms with van der Waals surface area (Å²) in [6.07, 6.45) is 0. The fourth-order valence-electron chi connectivity index (χ4n) is 2.47. The van der Waals surface area contributed by atoms with Gasteiger partial charge in [0.15, 0.2) is 0 Å². The second-order valence-electron chi connectivity index (χ2n) is 4.78. The van der Waals surface area contributed by atoms with Crippen LogP contribution in [0.15, 0.2) is 46.0 Å². The van der Waals surface area contributed by atoms with Crippen LogP contribution in [0.2, 0.25) is 0 Å². The van der Waals surface area contributed by atoms with Gasteiger partial charge >= 0.3 is 5.69 Å². The molecule has 1 aromatic carbocycles. The lowest BCUT2D eigenvalue weighted by atomic mass is 10.2. The Morgan fingerprint density at radius 1 is 0.850 bits per heavy atom. The molecule has 1 saturated heterocycles. The Bertz CT molecular complexity index is 656. The van der Waals surface area contributed by atoms with Crippen molar-refractivity contribution in [2.24, 2.45) is 0 Å². The molecule has 2 aromatic rings. The molecule has 2 N–H and O–H groups in total. The van der Waals surface area contributed by atoms with E-state index in [2.05, 4.69) is 27.0 Å². The van der Waals surface area contributed by atoms with Crippen LogP contribution in [0.1, 0.15) is 0 Å². The van der Waals surface area contributed by atoms with Gasteiger partial charge in [-0.05, 0) is 12.1 Å². The summed E-state index contributed by atoms with van der Waals surface area (Å²) in [6.45, 7) is 3.26. The van der Waals surface area contributed by atoms with Gasteiger partial charge < -0.3 is 9.80 Å². The second kappa shape index (κ2) is 5.24. The summed E-state index contributed by atoms with van der Waals surface area (Å²) in [5.74, 6) is 0.589. The quantitative estimate of drug-likeness (QED) is 0.829. The van der Waals surface area contributed by atoms with Gasteiger partial charge in [-0.2, -0.15) is 0 Å². The smallest absolute Gasteiger partial charge is 0.327 e. The van der Waals surface area contributed by atoms with Crippen LogP contribution in [0, 0.1) is 0 Å². The van der Waals surface area contributed by atoms with Gasteiger partial charge in [-0.3, -0.25) is 14.8 Å². The van der Waals surface area contributed by atoms with Crippen molar-refractivity contribution in [3.8, 4) is 0 Å². The van der Waals surface area contributed by atoms with E-state index in [4.69, 9.17) is 0 Å². The number of rotatable bonds is 2. The molecule has 0 saturated carbocycles. The van der Waals surface area contributed by atoms with E-state index in [1.54, 1.807) is 0 Å². The van der Waals surface area contributed by atoms with Crippen molar-refractivity contribution >= 4 is 11.5 Å². The molecule has 0 bridgehead atoms. The number of anilines is 2. The van der Waals surface area contributed by atoms with Crippen LogP contribution in [0.25, 0.3) is 0 Å². The number of piperazine rings is 1. The second-order valence-corrected chi connectivity index (χ2v) is 4.78. The molecular weight excluding hydrogens is 256 g/mol. The Balaban J connectivity index is 1.72. The predicted octanol–water partition coefficient (Wildman–Crippen LogP) is 0.390. The molecular formula is C14H16N4O2. The number of hydrogen-bond acceptors (Lipinski definition) is 4. The highest BCUT2D eigenvalue weighted by Crippen LogP contribution is 2.17. The lowest BCUT2D eigenvalue weighted by Crippen LogP contribution is -2.47. The van der Waals surface area contributed by atoms with E-state index in [0.717, 1.165) is 26.2 Å². The third kappa shape index (κ3) is 2.59. The summed E-state index contributed by atoms with van der Waals surface area (Å²) >= 11 is 0. The topological polar surface area (TPSA) is 72.2 Å². The molecule has 0 aliphatic carbocycles. The zero-order chi connectivity index (χ0) is 13.9. The zero-order valence-electron chi connectivity index (χ0n) is 11.0. The van der Waals surface area contributed by atoms with Gasteiger partial charge in [0.25, 0.3) is 5.56 Å². The Kier molecular flexibility index (Phi) is 3.28. The number of hydrogen-bond donors (Lipinski definition) is 2. The molecule has 2 heterocycles. The van der Waals surface area contributed by atoms with Crippen molar-refractivity contribution in [1.82, 2.24) is 9.97 Å². The average Bonchev–Trinajstić information content (AvgIpc) is 2.47. The SMILES string of the molecule is O=c1cc(N2CCN(c3ccccc3)CC2)[nH]c(=O)[nH]1. The number of aromatic amines is 2. The molecule has 1 aliphatic heterocycles. The fraction of sp³-hybridized carbons (Fsp3) is 0.286. The van der Waals surface area contributed by atoms with Gasteiger partial charge in [0.2, 0.25) is 0 Å². The Labute approximate surface area is 115 Å². The zero-order valence-corrected chi connectivity index (χ0v) is 11.0. The van der Waals surface area contributed by atoms with Crippen LogP contribution in [-0.4, -0.2) is 36.1 Å². The van der Waals surface area contributed by atoms with E-state index in [9.17, 15) is 9.59 Å². The van der Waals surface area contributed by atoms with Crippen molar-refractivity contribution in [3.63, 3.8) is 0 Å². The van der Waals surface area contributed by atoms with Gasteiger partial charge in [0.05, 0.1) is 0 Å². The lowest BCUT2D eigenvalue weighted by molar-refractivity contribution is 0.645. The molecule has 0 amide bonds. The van der Waals surface area contributed by atoms with Crippen LogP contribution in [0.5, 0.6) is 0 Å². The first-order valence-electron chi connectivity index (χ1n) is 6.61. The van der Waals surface area contributed by atoms with Crippen molar-refractivity contribution < 1.29 is 0 Å². The largest absolute Gasteiger partial charge is 0.368 e. The van der Waals surface area contributed by atoms with E-state index in [-0.39, 0.29) is 5.56 Å². The molecule has 0 spiro atoms. The van der Waals surface area contributed by atoms with Crippen LogP contribution >= 0.6 is 0 Å². The minimum Gasteiger partial charge on any atom is -0.368 e. The lowest BCUT2D eigenvalue weighted by Gasteiger charge is -2.36. The summed E-state index contributed by atoms with van der Waals surface area (Å²) in [7, 11) is 0. The number of nitrogens with zero attached hydrogens (tertiary/aromatic N) is 2. The Morgan fingerprint density at radius 3 is 2.15 bits per heavy atom. The van der Waals surface area contributed by atoms with Gasteiger partial charge in [-0.15, -0.1) is 0 Å². The van der Waals surface area contributed by atoms with Crippen LogP contribution in [0.3, 0.4) is 0 Å². The van der Waals surface area contributed by atoms with Gasteiger partial charge in [-0.1, -0.05) is 18.2 Å². The summed E-state index contributed by atoms with van der Waals surface area (Å²) in [6, 6.07) is 11.7. The maximum Gasteiger partial charge on any atom is 0.327 e. The molecule has 6 heteroatoms. The molecule has 3 rings (SSSR count). The van der Waals surface area contributed by atoms with Crippen molar-refractivity contribution in [2.75, 3.05) is 36.0 Å².